The van der Waals surface area contributed by atoms with E-state index in [-0.39, 0.29) is 5.91 Å². The lowest BCUT2D eigenvalue weighted by Crippen LogP contribution is -2.36. The second-order valence-electron chi connectivity index (χ2n) is 7.79. The van der Waals surface area contributed by atoms with E-state index in [0.717, 1.165) is 30.6 Å². The second kappa shape index (κ2) is 10.7. The number of ether oxygens (including phenoxy) is 3. The van der Waals surface area contributed by atoms with Gasteiger partial charge in [0.05, 0.1) is 25.5 Å². The Balaban J connectivity index is 1.83. The first-order valence-electron chi connectivity index (χ1n) is 11.2. The molecule has 1 aromatic heterocycles. The summed E-state index contributed by atoms with van der Waals surface area (Å²) < 4.78 is 17.4. The zero-order valence-corrected chi connectivity index (χ0v) is 20.6. The van der Waals surface area contributed by atoms with Crippen LogP contribution in [-0.4, -0.2) is 41.1 Å². The van der Waals surface area contributed by atoms with Gasteiger partial charge in [-0.15, -0.1) is 10.2 Å². The third-order valence-corrected chi connectivity index (χ3v) is 6.46. The summed E-state index contributed by atoms with van der Waals surface area (Å²) in [6.07, 6.45) is 2.56. The van der Waals surface area contributed by atoms with E-state index in [1.54, 1.807) is 36.9 Å². The molecule has 0 unspecified atom stereocenters. The van der Waals surface area contributed by atoms with Crippen LogP contribution < -0.4 is 19.1 Å². The van der Waals surface area contributed by atoms with Gasteiger partial charge in [0.1, 0.15) is 11.5 Å². The van der Waals surface area contributed by atoms with Crippen LogP contribution in [0.5, 0.6) is 17.4 Å². The summed E-state index contributed by atoms with van der Waals surface area (Å²) in [6, 6.07) is 12.9. The highest BCUT2D eigenvalue weighted by atomic mass is 32.2. The normalized spacial score (nSPS) is 14.5. The number of carbonyl (C=O) groups is 1. The van der Waals surface area contributed by atoms with Gasteiger partial charge < -0.3 is 14.2 Å². The lowest BCUT2D eigenvalue weighted by molar-refractivity contribution is -0.118. The van der Waals surface area contributed by atoms with E-state index in [1.165, 1.54) is 6.92 Å². The number of hydrogen-bond acceptors (Lipinski definition) is 8. The van der Waals surface area contributed by atoms with Crippen LogP contribution in [0.1, 0.15) is 44.9 Å². The zero-order chi connectivity index (χ0) is 24.1. The predicted octanol–water partition coefficient (Wildman–Crippen LogP) is 5.28. The number of rotatable bonds is 8. The maximum absolute atomic E-state index is 13.0. The van der Waals surface area contributed by atoms with E-state index in [1.807, 2.05) is 36.4 Å². The largest absolute Gasteiger partial charge is 0.497 e. The molecule has 4 rings (SSSR count). The number of carbonyl (C=O) groups excluding carboxylic acids is 1. The number of unbranched alkanes of at least 4 members (excludes halogenated alkanes) is 2. The minimum atomic E-state index is -0.824. The van der Waals surface area contributed by atoms with Crippen LogP contribution in [-0.2, 0) is 4.79 Å². The summed E-state index contributed by atoms with van der Waals surface area (Å²) in [4.78, 5) is 19.2. The molecule has 3 aromatic rings. The number of amides is 1. The molecule has 1 atom stereocenters. The van der Waals surface area contributed by atoms with Gasteiger partial charge in [0.25, 0.3) is 0 Å². The third-order valence-electron chi connectivity index (χ3n) is 5.54. The SMILES string of the molecule is CCCCCSc1nnc2c(n1)O[C@H](c1ccc(OC)cc1OC)N(C(C)=O)c1ccccc1-2. The number of hydrogen-bond donors (Lipinski definition) is 0. The van der Waals surface area contributed by atoms with Crippen molar-refractivity contribution in [3.05, 3.63) is 48.0 Å². The van der Waals surface area contributed by atoms with Crippen LogP contribution in [0.3, 0.4) is 0 Å². The number of thioether (sulfide) groups is 1. The quantitative estimate of drug-likeness (QED) is 0.318. The van der Waals surface area contributed by atoms with Crippen molar-refractivity contribution in [2.24, 2.45) is 0 Å². The number of aromatic nitrogens is 3. The van der Waals surface area contributed by atoms with Crippen LogP contribution in [0.25, 0.3) is 11.3 Å². The highest BCUT2D eigenvalue weighted by Crippen LogP contribution is 2.45. The standard InChI is InChI=1S/C25H28N4O4S/c1-5-6-9-14-34-25-26-23-22(27-28-25)18-10-7-8-11-20(18)29(16(2)30)24(33-23)19-13-12-17(31-3)15-21(19)32-4/h7-8,10-13,15,24H,5-6,9,14H2,1-4H3/t24-/m1/s1. The number of benzene rings is 2. The second-order valence-corrected chi connectivity index (χ2v) is 8.85. The Labute approximate surface area is 203 Å². The molecule has 1 amide bonds. The first-order chi connectivity index (χ1) is 16.6. The van der Waals surface area contributed by atoms with E-state index in [4.69, 9.17) is 19.2 Å². The Kier molecular flexibility index (Phi) is 7.52. The van der Waals surface area contributed by atoms with Crippen LogP contribution in [0.2, 0.25) is 0 Å². The van der Waals surface area contributed by atoms with Crippen LogP contribution in [0.15, 0.2) is 47.6 Å². The highest BCUT2D eigenvalue weighted by molar-refractivity contribution is 7.99. The van der Waals surface area contributed by atoms with E-state index in [2.05, 4.69) is 17.1 Å². The molecule has 8 nitrogen and oxygen atoms in total. The molecular formula is C25H28N4O4S. The van der Waals surface area contributed by atoms with Crippen molar-refractivity contribution < 1.29 is 19.0 Å². The van der Waals surface area contributed by atoms with E-state index >= 15 is 0 Å². The topological polar surface area (TPSA) is 86.7 Å². The molecule has 178 valence electrons. The number of para-hydroxylation sites is 1. The molecule has 0 aliphatic carbocycles. The molecule has 0 saturated carbocycles. The summed E-state index contributed by atoms with van der Waals surface area (Å²) in [5.41, 5.74) is 2.55. The summed E-state index contributed by atoms with van der Waals surface area (Å²) in [6.45, 7) is 3.68. The first kappa shape index (κ1) is 23.8. The van der Waals surface area contributed by atoms with Crippen molar-refractivity contribution in [2.45, 2.75) is 44.5 Å². The average molecular weight is 481 g/mol. The fourth-order valence-electron chi connectivity index (χ4n) is 3.85. The molecule has 0 saturated heterocycles. The molecule has 2 aromatic carbocycles. The van der Waals surface area contributed by atoms with Gasteiger partial charge in [0.15, 0.2) is 5.69 Å². The summed E-state index contributed by atoms with van der Waals surface area (Å²) in [5, 5.41) is 9.34. The van der Waals surface area contributed by atoms with Crippen molar-refractivity contribution in [2.75, 3.05) is 24.9 Å². The van der Waals surface area contributed by atoms with Gasteiger partial charge in [-0.25, -0.2) is 0 Å². The van der Waals surface area contributed by atoms with Gasteiger partial charge in [-0.3, -0.25) is 9.69 Å². The molecule has 0 spiro atoms. The lowest BCUT2D eigenvalue weighted by atomic mass is 10.1. The zero-order valence-electron chi connectivity index (χ0n) is 19.8. The number of methoxy groups -OCH3 is 2. The maximum Gasteiger partial charge on any atom is 0.247 e. The number of nitrogens with zero attached hydrogens (tertiary/aromatic N) is 4. The predicted molar refractivity (Wildman–Crippen MR) is 132 cm³/mol. The maximum atomic E-state index is 13.0. The minimum absolute atomic E-state index is 0.190. The number of anilines is 1. The number of fused-ring (bicyclic) bond motifs is 3. The Morgan fingerprint density at radius 1 is 1.12 bits per heavy atom. The monoisotopic (exact) mass is 480 g/mol. The molecule has 9 heteroatoms. The van der Waals surface area contributed by atoms with E-state index in [9.17, 15) is 4.79 Å². The summed E-state index contributed by atoms with van der Waals surface area (Å²) in [7, 11) is 3.16. The molecule has 0 fully saturated rings. The highest BCUT2D eigenvalue weighted by Gasteiger charge is 2.36. The van der Waals surface area contributed by atoms with Crippen molar-refractivity contribution in [3.8, 4) is 28.6 Å². The van der Waals surface area contributed by atoms with Crippen molar-refractivity contribution in [1.29, 1.82) is 0 Å². The molecule has 0 N–H and O–H groups in total. The van der Waals surface area contributed by atoms with Crippen molar-refractivity contribution in [3.63, 3.8) is 0 Å². The van der Waals surface area contributed by atoms with Crippen molar-refractivity contribution in [1.82, 2.24) is 15.2 Å². The molecular weight excluding hydrogens is 452 g/mol. The Morgan fingerprint density at radius 2 is 1.94 bits per heavy atom. The van der Waals surface area contributed by atoms with Gasteiger partial charge in [0, 0.05) is 24.3 Å². The summed E-state index contributed by atoms with van der Waals surface area (Å²) >= 11 is 1.55. The smallest absolute Gasteiger partial charge is 0.247 e. The Morgan fingerprint density at radius 3 is 2.68 bits per heavy atom. The lowest BCUT2D eigenvalue weighted by Gasteiger charge is -2.30. The fraction of sp³-hybridized carbons (Fsp3) is 0.360. The van der Waals surface area contributed by atoms with Gasteiger partial charge in [-0.1, -0.05) is 49.7 Å². The Bertz CT molecular complexity index is 1170. The summed E-state index contributed by atoms with van der Waals surface area (Å²) in [5.74, 6) is 2.21. The molecule has 1 aliphatic heterocycles. The van der Waals surface area contributed by atoms with E-state index in [0.29, 0.717) is 39.5 Å². The average Bonchev–Trinajstić information content (AvgIpc) is 3.00. The van der Waals surface area contributed by atoms with Crippen molar-refractivity contribution >= 4 is 23.4 Å². The van der Waals surface area contributed by atoms with E-state index < -0.39 is 6.23 Å². The molecule has 0 bridgehead atoms. The molecule has 0 radical (unpaired) electrons. The third kappa shape index (κ3) is 4.79. The van der Waals surface area contributed by atoms with Crippen LogP contribution in [0, 0.1) is 0 Å². The van der Waals surface area contributed by atoms with Gasteiger partial charge in [-0.05, 0) is 24.6 Å². The Hall–Kier alpha value is -3.33. The fourth-order valence-corrected chi connectivity index (χ4v) is 4.63. The van der Waals surface area contributed by atoms with Gasteiger partial charge in [-0.2, -0.15) is 4.98 Å². The molecule has 2 heterocycles. The van der Waals surface area contributed by atoms with Crippen LogP contribution in [0.4, 0.5) is 5.69 Å². The van der Waals surface area contributed by atoms with Crippen LogP contribution >= 0.6 is 11.8 Å². The molecule has 1 aliphatic rings. The van der Waals surface area contributed by atoms with Gasteiger partial charge in [0.2, 0.25) is 23.2 Å². The first-order valence-corrected chi connectivity index (χ1v) is 12.2. The molecule has 34 heavy (non-hydrogen) atoms. The minimum Gasteiger partial charge on any atom is -0.497 e. The van der Waals surface area contributed by atoms with Gasteiger partial charge >= 0.3 is 0 Å².